The van der Waals surface area contributed by atoms with Gasteiger partial charge in [0.15, 0.2) is 5.76 Å². The van der Waals surface area contributed by atoms with Crippen LogP contribution >= 0.6 is 11.3 Å². The minimum absolute atomic E-state index is 0.0892. The molecule has 34 heavy (non-hydrogen) atoms. The van der Waals surface area contributed by atoms with Crippen molar-refractivity contribution < 1.29 is 19.1 Å². The molecule has 5 rings (SSSR count). The fourth-order valence-electron chi connectivity index (χ4n) is 4.02. The zero-order chi connectivity index (χ0) is 23.8. The number of hydrogen-bond donors (Lipinski definition) is 1. The Labute approximate surface area is 198 Å². The molecule has 1 amide bonds. The first-order valence-corrected chi connectivity index (χ1v) is 11.3. The third kappa shape index (κ3) is 3.68. The van der Waals surface area contributed by atoms with Gasteiger partial charge in [0, 0.05) is 23.6 Å². The zero-order valence-electron chi connectivity index (χ0n) is 18.0. The van der Waals surface area contributed by atoms with E-state index >= 15 is 0 Å². The number of carbonyl (C=O) groups excluding carboxylic acids is 2. The van der Waals surface area contributed by atoms with E-state index < -0.39 is 29.3 Å². The van der Waals surface area contributed by atoms with Gasteiger partial charge in [-0.05, 0) is 36.8 Å². The van der Waals surface area contributed by atoms with E-state index in [1.165, 1.54) is 40.6 Å². The van der Waals surface area contributed by atoms with Gasteiger partial charge in [-0.1, -0.05) is 42.5 Å². The summed E-state index contributed by atoms with van der Waals surface area (Å²) >= 11 is 1.20. The molecule has 0 saturated heterocycles. The molecule has 6 nitrogen and oxygen atoms in total. The summed E-state index contributed by atoms with van der Waals surface area (Å²) < 4.78 is 14.0. The summed E-state index contributed by atoms with van der Waals surface area (Å²) in [5.41, 5.74) is 2.00. The van der Waals surface area contributed by atoms with Crippen LogP contribution in [0.15, 0.2) is 90.5 Å². The van der Waals surface area contributed by atoms with Crippen molar-refractivity contribution in [3.8, 4) is 10.6 Å². The third-order valence-corrected chi connectivity index (χ3v) is 6.77. The maximum absolute atomic E-state index is 14.0. The summed E-state index contributed by atoms with van der Waals surface area (Å²) in [5, 5.41) is 11.5. The zero-order valence-corrected chi connectivity index (χ0v) is 18.8. The Bertz CT molecular complexity index is 1430. The van der Waals surface area contributed by atoms with Crippen LogP contribution in [-0.4, -0.2) is 26.8 Å². The van der Waals surface area contributed by atoms with Crippen molar-refractivity contribution >= 4 is 28.7 Å². The molecule has 1 aliphatic rings. The Morgan fingerprint density at radius 2 is 1.88 bits per heavy atom. The minimum Gasteiger partial charge on any atom is -0.503 e. The molecular weight excluding hydrogens is 453 g/mol. The largest absolute Gasteiger partial charge is 0.503 e. The molecule has 8 heteroatoms. The molecule has 0 fully saturated rings. The number of hydrogen-bond acceptors (Lipinski definition) is 6. The average molecular weight is 472 g/mol. The summed E-state index contributed by atoms with van der Waals surface area (Å²) in [6.07, 6.45) is 3.09. The van der Waals surface area contributed by atoms with Crippen molar-refractivity contribution in [3.05, 3.63) is 112 Å². The summed E-state index contributed by atoms with van der Waals surface area (Å²) in [6, 6.07) is 17.3. The lowest BCUT2D eigenvalue weighted by atomic mass is 9.96. The van der Waals surface area contributed by atoms with Gasteiger partial charge < -0.3 is 5.11 Å². The lowest BCUT2D eigenvalue weighted by molar-refractivity contribution is -0.117. The van der Waals surface area contributed by atoms with Crippen LogP contribution in [-0.2, 0) is 4.79 Å². The predicted octanol–water partition coefficient (Wildman–Crippen LogP) is 5.44. The van der Waals surface area contributed by atoms with Gasteiger partial charge in [-0.3, -0.25) is 19.5 Å². The number of nitrogens with zero attached hydrogens (tertiary/aromatic N) is 3. The second-order valence-electron chi connectivity index (χ2n) is 7.73. The maximum Gasteiger partial charge on any atom is 0.294 e. The number of pyridine rings is 1. The number of Topliss-reactive ketones (excluding diaryl/α,β-unsaturated/α-hetero) is 1. The van der Waals surface area contributed by atoms with Gasteiger partial charge in [-0.15, -0.1) is 11.3 Å². The van der Waals surface area contributed by atoms with Crippen molar-refractivity contribution in [3.63, 3.8) is 0 Å². The number of benzene rings is 2. The van der Waals surface area contributed by atoms with E-state index in [1.54, 1.807) is 31.3 Å². The Hall–Kier alpha value is -4.17. The summed E-state index contributed by atoms with van der Waals surface area (Å²) in [5.74, 6) is -2.50. The first-order chi connectivity index (χ1) is 16.5. The Kier molecular flexibility index (Phi) is 5.51. The van der Waals surface area contributed by atoms with Crippen molar-refractivity contribution in [1.29, 1.82) is 0 Å². The molecule has 0 aliphatic carbocycles. The topological polar surface area (TPSA) is 83.4 Å². The van der Waals surface area contributed by atoms with Gasteiger partial charge in [-0.25, -0.2) is 9.37 Å². The van der Waals surface area contributed by atoms with Crippen LogP contribution in [0.3, 0.4) is 0 Å². The number of aryl methyl sites for hydroxylation is 1. The number of aromatic nitrogens is 2. The van der Waals surface area contributed by atoms with Gasteiger partial charge in [0.2, 0.25) is 5.78 Å². The lowest BCUT2D eigenvalue weighted by Gasteiger charge is -2.26. The van der Waals surface area contributed by atoms with E-state index in [0.717, 1.165) is 5.56 Å². The Morgan fingerprint density at radius 3 is 2.59 bits per heavy atom. The average Bonchev–Trinajstić information content (AvgIpc) is 3.37. The van der Waals surface area contributed by atoms with E-state index in [9.17, 15) is 19.1 Å². The Morgan fingerprint density at radius 1 is 1.09 bits per heavy atom. The molecule has 2 aromatic heterocycles. The van der Waals surface area contributed by atoms with Crippen LogP contribution in [0.5, 0.6) is 0 Å². The van der Waals surface area contributed by atoms with Crippen LogP contribution in [0.25, 0.3) is 10.6 Å². The van der Waals surface area contributed by atoms with E-state index in [1.807, 2.05) is 30.3 Å². The lowest BCUT2D eigenvalue weighted by Crippen LogP contribution is -2.31. The van der Waals surface area contributed by atoms with Gasteiger partial charge in [0.1, 0.15) is 10.8 Å². The van der Waals surface area contributed by atoms with Crippen LogP contribution < -0.4 is 4.90 Å². The number of ketones is 1. The molecule has 0 bridgehead atoms. The molecule has 1 N–H and O–H groups in total. The monoisotopic (exact) mass is 471 g/mol. The molecule has 1 unspecified atom stereocenters. The molecule has 2 aromatic carbocycles. The van der Waals surface area contributed by atoms with Crippen molar-refractivity contribution in [2.75, 3.05) is 4.90 Å². The first-order valence-electron chi connectivity index (χ1n) is 10.5. The summed E-state index contributed by atoms with van der Waals surface area (Å²) in [6.45, 7) is 1.72. The molecule has 1 atom stereocenters. The van der Waals surface area contributed by atoms with Crippen LogP contribution in [0.4, 0.5) is 10.1 Å². The molecule has 3 heterocycles. The number of thiazole rings is 1. The molecule has 1 aliphatic heterocycles. The van der Waals surface area contributed by atoms with Gasteiger partial charge >= 0.3 is 0 Å². The highest BCUT2D eigenvalue weighted by Crippen LogP contribution is 2.43. The summed E-state index contributed by atoms with van der Waals surface area (Å²) in [7, 11) is 0. The number of carbonyl (C=O) groups is 2. The number of aliphatic hydroxyl groups excluding tert-OH is 1. The molecular formula is C26H18FN3O3S. The van der Waals surface area contributed by atoms with Crippen LogP contribution in [0.1, 0.15) is 27.0 Å². The van der Waals surface area contributed by atoms with Gasteiger partial charge in [0.05, 0.1) is 22.2 Å². The fraction of sp³-hybridized carbons (Fsp3) is 0.0769. The number of anilines is 1. The van der Waals surface area contributed by atoms with Gasteiger partial charge in [-0.2, -0.15) is 0 Å². The maximum atomic E-state index is 14.0. The normalized spacial score (nSPS) is 15.8. The second kappa shape index (κ2) is 8.64. The second-order valence-corrected chi connectivity index (χ2v) is 8.73. The predicted molar refractivity (Wildman–Crippen MR) is 127 cm³/mol. The van der Waals surface area contributed by atoms with E-state index in [2.05, 4.69) is 9.97 Å². The Balaban J connectivity index is 1.63. The molecule has 4 aromatic rings. The van der Waals surface area contributed by atoms with Crippen LogP contribution in [0.2, 0.25) is 0 Å². The minimum atomic E-state index is -0.975. The van der Waals surface area contributed by atoms with Crippen LogP contribution in [0, 0.1) is 12.7 Å². The van der Waals surface area contributed by atoms with E-state index in [-0.39, 0.29) is 11.3 Å². The number of amides is 1. The fourth-order valence-corrected chi connectivity index (χ4v) is 5.04. The third-order valence-electron chi connectivity index (χ3n) is 5.56. The smallest absolute Gasteiger partial charge is 0.294 e. The molecule has 0 radical (unpaired) electrons. The SMILES string of the molecule is Cc1nc(-c2ccccc2)sc1C(=O)C1=C(O)C(=O)N(c2cccc(F)c2)C1c1cccnc1. The number of aliphatic hydroxyl groups is 1. The highest BCUT2D eigenvalue weighted by atomic mass is 32.1. The summed E-state index contributed by atoms with van der Waals surface area (Å²) in [4.78, 5) is 37.1. The molecule has 0 saturated carbocycles. The van der Waals surface area contributed by atoms with Crippen molar-refractivity contribution in [2.45, 2.75) is 13.0 Å². The van der Waals surface area contributed by atoms with E-state index in [0.29, 0.717) is 21.1 Å². The number of rotatable bonds is 5. The molecule has 0 spiro atoms. The van der Waals surface area contributed by atoms with E-state index in [4.69, 9.17) is 0 Å². The molecule has 168 valence electrons. The highest BCUT2D eigenvalue weighted by Gasteiger charge is 2.45. The standard InChI is InChI=1S/C26H18FN3O3S/c1-15-24(34-25(29-15)16-7-3-2-4-8-16)22(31)20-21(17-9-6-12-28-14-17)30(26(33)23(20)32)19-11-5-10-18(27)13-19/h2-14,21,32H,1H3. The van der Waals surface area contributed by atoms with Crippen molar-refractivity contribution in [2.24, 2.45) is 0 Å². The van der Waals surface area contributed by atoms with Crippen molar-refractivity contribution in [1.82, 2.24) is 9.97 Å². The first kappa shape index (κ1) is 21.7. The number of halogens is 1. The highest BCUT2D eigenvalue weighted by molar-refractivity contribution is 7.17. The van der Waals surface area contributed by atoms with Gasteiger partial charge in [0.25, 0.3) is 5.91 Å². The quantitative estimate of drug-likeness (QED) is 0.392.